The smallest absolute Gasteiger partial charge is 0.266 e. The second-order valence-corrected chi connectivity index (χ2v) is 9.73. The SMILES string of the molecule is COc1ccc(-n2c(SCC(=O)c3ccc(C(C)(C)C)cc3)nc3ccccc3c2=O)cc1. The summed E-state index contributed by atoms with van der Waals surface area (Å²) in [4.78, 5) is 31.0. The van der Waals surface area contributed by atoms with Gasteiger partial charge in [-0.3, -0.25) is 14.2 Å². The summed E-state index contributed by atoms with van der Waals surface area (Å²) in [7, 11) is 1.60. The molecule has 4 rings (SSSR count). The molecule has 0 atom stereocenters. The molecule has 0 fully saturated rings. The Morgan fingerprint density at radius 3 is 2.27 bits per heavy atom. The highest BCUT2D eigenvalue weighted by molar-refractivity contribution is 7.99. The first-order chi connectivity index (χ1) is 15.8. The van der Waals surface area contributed by atoms with Crippen LogP contribution in [0.1, 0.15) is 36.7 Å². The summed E-state index contributed by atoms with van der Waals surface area (Å²) < 4.78 is 6.80. The van der Waals surface area contributed by atoms with Crippen molar-refractivity contribution in [1.82, 2.24) is 9.55 Å². The molecular formula is C27H26N2O3S. The number of fused-ring (bicyclic) bond motifs is 1. The zero-order valence-corrected chi connectivity index (χ0v) is 20.0. The summed E-state index contributed by atoms with van der Waals surface area (Å²) in [5, 5.41) is 1.00. The highest BCUT2D eigenvalue weighted by Gasteiger charge is 2.17. The number of carbonyl (C=O) groups excluding carboxylic acids is 1. The molecule has 168 valence electrons. The molecule has 0 spiro atoms. The highest BCUT2D eigenvalue weighted by atomic mass is 32.2. The number of Topliss-reactive ketones (excluding diaryl/α,β-unsaturated/α-hetero) is 1. The van der Waals surface area contributed by atoms with Crippen molar-refractivity contribution in [3.05, 3.63) is 94.3 Å². The average molecular weight is 459 g/mol. The fourth-order valence-electron chi connectivity index (χ4n) is 3.54. The first kappa shape index (κ1) is 22.8. The Hall–Kier alpha value is -3.38. The van der Waals surface area contributed by atoms with Gasteiger partial charge in [0.2, 0.25) is 0 Å². The Morgan fingerprint density at radius 1 is 0.970 bits per heavy atom. The Morgan fingerprint density at radius 2 is 1.64 bits per heavy atom. The Labute approximate surface area is 197 Å². The molecule has 0 amide bonds. The summed E-state index contributed by atoms with van der Waals surface area (Å²) >= 11 is 1.26. The van der Waals surface area contributed by atoms with Crippen LogP contribution in [0.4, 0.5) is 0 Å². The Bertz CT molecular complexity index is 1350. The number of para-hydroxylation sites is 1. The van der Waals surface area contributed by atoms with Crippen LogP contribution in [0.5, 0.6) is 5.75 Å². The fraction of sp³-hybridized carbons (Fsp3) is 0.222. The maximum atomic E-state index is 13.3. The van der Waals surface area contributed by atoms with Crippen LogP contribution in [0.2, 0.25) is 0 Å². The second kappa shape index (κ2) is 9.24. The molecule has 1 heterocycles. The maximum absolute atomic E-state index is 13.3. The van der Waals surface area contributed by atoms with Gasteiger partial charge in [-0.2, -0.15) is 0 Å². The van der Waals surface area contributed by atoms with Crippen molar-refractivity contribution in [2.24, 2.45) is 0 Å². The predicted molar refractivity (Wildman–Crippen MR) is 134 cm³/mol. The molecule has 3 aromatic carbocycles. The molecule has 0 radical (unpaired) electrons. The predicted octanol–water partition coefficient (Wildman–Crippen LogP) is 5.67. The standard InChI is InChI=1S/C27H26N2O3S/c1-27(2,3)19-11-9-18(10-12-19)24(30)17-33-26-28-23-8-6-5-7-22(23)25(31)29(26)20-13-15-21(32-4)16-14-20/h5-16H,17H2,1-4H3. The molecule has 33 heavy (non-hydrogen) atoms. The molecule has 0 saturated carbocycles. The summed E-state index contributed by atoms with van der Waals surface area (Å²) in [6, 6.07) is 22.2. The Kier molecular flexibility index (Phi) is 6.38. The topological polar surface area (TPSA) is 61.2 Å². The molecular weight excluding hydrogens is 432 g/mol. The minimum Gasteiger partial charge on any atom is -0.497 e. The third-order valence-electron chi connectivity index (χ3n) is 5.48. The van der Waals surface area contributed by atoms with Gasteiger partial charge in [0.1, 0.15) is 5.75 Å². The first-order valence-electron chi connectivity index (χ1n) is 10.7. The number of carbonyl (C=O) groups is 1. The summed E-state index contributed by atoms with van der Waals surface area (Å²) in [6.45, 7) is 6.43. The average Bonchev–Trinajstić information content (AvgIpc) is 2.82. The largest absolute Gasteiger partial charge is 0.497 e. The second-order valence-electron chi connectivity index (χ2n) is 8.79. The Balaban J connectivity index is 1.67. The monoisotopic (exact) mass is 458 g/mol. The molecule has 0 saturated heterocycles. The molecule has 0 aliphatic rings. The molecule has 1 aromatic heterocycles. The number of aromatic nitrogens is 2. The number of methoxy groups -OCH3 is 1. The lowest BCUT2D eigenvalue weighted by molar-refractivity contribution is 0.102. The molecule has 0 unspecified atom stereocenters. The van der Waals surface area contributed by atoms with Gasteiger partial charge in [-0.15, -0.1) is 0 Å². The minimum absolute atomic E-state index is 0.0100. The van der Waals surface area contributed by atoms with Crippen LogP contribution >= 0.6 is 11.8 Å². The van der Waals surface area contributed by atoms with E-state index in [2.05, 4.69) is 20.8 Å². The molecule has 0 aliphatic carbocycles. The van der Waals surface area contributed by atoms with E-state index in [9.17, 15) is 9.59 Å². The van der Waals surface area contributed by atoms with E-state index >= 15 is 0 Å². The van der Waals surface area contributed by atoms with Gasteiger partial charge in [0, 0.05) is 5.56 Å². The highest BCUT2D eigenvalue weighted by Crippen LogP contribution is 2.25. The third kappa shape index (κ3) is 4.86. The first-order valence-corrected chi connectivity index (χ1v) is 11.7. The van der Waals surface area contributed by atoms with Crippen molar-refractivity contribution >= 4 is 28.4 Å². The number of nitrogens with zero attached hydrogens (tertiary/aromatic N) is 2. The third-order valence-corrected chi connectivity index (χ3v) is 6.42. The summed E-state index contributed by atoms with van der Waals surface area (Å²) in [5.74, 6) is 0.864. The van der Waals surface area contributed by atoms with Crippen molar-refractivity contribution in [2.75, 3.05) is 12.9 Å². The van der Waals surface area contributed by atoms with Gasteiger partial charge < -0.3 is 4.74 Å². The van der Waals surface area contributed by atoms with E-state index in [4.69, 9.17) is 9.72 Å². The number of thioether (sulfide) groups is 1. The van der Waals surface area contributed by atoms with Crippen LogP contribution in [0, 0.1) is 0 Å². The van der Waals surface area contributed by atoms with Gasteiger partial charge in [0.15, 0.2) is 10.9 Å². The quantitative estimate of drug-likeness (QED) is 0.212. The van der Waals surface area contributed by atoms with Gasteiger partial charge in [-0.25, -0.2) is 4.98 Å². The molecule has 5 nitrogen and oxygen atoms in total. The van der Waals surface area contributed by atoms with Crippen LogP contribution in [0.3, 0.4) is 0 Å². The van der Waals surface area contributed by atoms with E-state index in [-0.39, 0.29) is 22.5 Å². The number of rotatable bonds is 6. The van der Waals surface area contributed by atoms with Crippen LogP contribution < -0.4 is 10.3 Å². The van der Waals surface area contributed by atoms with E-state index in [1.165, 1.54) is 17.3 Å². The lowest BCUT2D eigenvalue weighted by Crippen LogP contribution is -2.22. The summed E-state index contributed by atoms with van der Waals surface area (Å²) in [6.07, 6.45) is 0. The molecule has 0 N–H and O–H groups in total. The number of ether oxygens (including phenoxy) is 1. The van der Waals surface area contributed by atoms with Crippen molar-refractivity contribution in [1.29, 1.82) is 0 Å². The maximum Gasteiger partial charge on any atom is 0.266 e. The van der Waals surface area contributed by atoms with E-state index in [1.54, 1.807) is 29.9 Å². The van der Waals surface area contributed by atoms with Crippen LogP contribution in [-0.4, -0.2) is 28.2 Å². The van der Waals surface area contributed by atoms with Crippen molar-refractivity contribution < 1.29 is 9.53 Å². The molecule has 4 aromatic rings. The lowest BCUT2D eigenvalue weighted by Gasteiger charge is -2.19. The van der Waals surface area contributed by atoms with E-state index in [1.807, 2.05) is 54.6 Å². The molecule has 0 aliphatic heterocycles. The van der Waals surface area contributed by atoms with Gasteiger partial charge >= 0.3 is 0 Å². The van der Waals surface area contributed by atoms with Crippen molar-refractivity contribution in [3.8, 4) is 11.4 Å². The van der Waals surface area contributed by atoms with Gasteiger partial charge in [0.25, 0.3) is 5.56 Å². The zero-order chi connectivity index (χ0) is 23.6. The minimum atomic E-state index is -0.171. The van der Waals surface area contributed by atoms with Gasteiger partial charge in [0.05, 0.1) is 29.5 Å². The zero-order valence-electron chi connectivity index (χ0n) is 19.2. The van der Waals surface area contributed by atoms with Crippen molar-refractivity contribution in [3.63, 3.8) is 0 Å². The number of benzene rings is 3. The number of hydrogen-bond acceptors (Lipinski definition) is 5. The lowest BCUT2D eigenvalue weighted by atomic mass is 9.86. The summed E-state index contributed by atoms with van der Waals surface area (Å²) in [5.41, 5.74) is 2.96. The normalized spacial score (nSPS) is 11.5. The van der Waals surface area contributed by atoms with Gasteiger partial charge in [-0.05, 0) is 47.4 Å². The van der Waals surface area contributed by atoms with Crippen LogP contribution in [0.25, 0.3) is 16.6 Å². The van der Waals surface area contributed by atoms with Crippen molar-refractivity contribution in [2.45, 2.75) is 31.3 Å². The van der Waals surface area contributed by atoms with Crippen LogP contribution in [0.15, 0.2) is 82.7 Å². The fourth-order valence-corrected chi connectivity index (χ4v) is 4.44. The van der Waals surface area contributed by atoms with E-state index in [0.717, 1.165) is 0 Å². The van der Waals surface area contributed by atoms with Crippen LogP contribution in [-0.2, 0) is 5.41 Å². The molecule has 6 heteroatoms. The number of ketones is 1. The molecule has 0 bridgehead atoms. The van der Waals surface area contributed by atoms with E-state index in [0.29, 0.717) is 33.1 Å². The van der Waals surface area contributed by atoms with E-state index < -0.39 is 0 Å². The number of hydrogen-bond donors (Lipinski definition) is 0. The van der Waals surface area contributed by atoms with Gasteiger partial charge in [-0.1, -0.05) is 68.9 Å².